The van der Waals surface area contributed by atoms with Crippen molar-refractivity contribution in [3.8, 4) is 5.75 Å². The lowest BCUT2D eigenvalue weighted by Crippen LogP contribution is -2.49. The summed E-state index contributed by atoms with van der Waals surface area (Å²) in [5.74, 6) is -5.23. The van der Waals surface area contributed by atoms with E-state index >= 15 is 8.78 Å². The lowest BCUT2D eigenvalue weighted by Gasteiger charge is -2.42. The molecule has 0 amide bonds. The summed E-state index contributed by atoms with van der Waals surface area (Å²) in [6.07, 6.45) is 0.381. The number of likely N-dealkylation sites (tertiary alicyclic amines) is 1. The average molecular weight is 524 g/mol. The number of nitrogens with zero attached hydrogens (tertiary/aromatic N) is 2. The number of ether oxygens (including phenoxy) is 1. The van der Waals surface area contributed by atoms with Crippen LogP contribution in [0.4, 0.5) is 22.0 Å². The van der Waals surface area contributed by atoms with Gasteiger partial charge >= 0.3 is 0 Å². The zero-order valence-corrected chi connectivity index (χ0v) is 20.5. The fourth-order valence-corrected chi connectivity index (χ4v) is 5.56. The minimum Gasteiger partial charge on any atom is -0.492 e. The van der Waals surface area contributed by atoms with E-state index in [4.69, 9.17) is 4.74 Å². The Bertz CT molecular complexity index is 1240. The van der Waals surface area contributed by atoms with E-state index in [0.717, 1.165) is 23.3 Å². The summed E-state index contributed by atoms with van der Waals surface area (Å²) in [6.45, 7) is 1.07. The number of alkyl halides is 3. The van der Waals surface area contributed by atoms with Gasteiger partial charge in [0.1, 0.15) is 30.6 Å². The van der Waals surface area contributed by atoms with Crippen molar-refractivity contribution >= 4 is 10.9 Å². The molecule has 0 saturated carbocycles. The fraction of sp³-hybridized carbons (Fsp3) is 0.481. The Morgan fingerprint density at radius 1 is 1.11 bits per heavy atom. The first-order valence-corrected chi connectivity index (χ1v) is 12.4. The number of aliphatic hydroxyl groups excluding tert-OH is 1. The number of aromatic amines is 1. The van der Waals surface area contributed by atoms with Crippen LogP contribution in [0.3, 0.4) is 0 Å². The molecule has 200 valence electrons. The van der Waals surface area contributed by atoms with Gasteiger partial charge in [0.2, 0.25) is 0 Å². The second kappa shape index (κ2) is 10.2. The Balaban J connectivity index is 1.49. The van der Waals surface area contributed by atoms with Gasteiger partial charge < -0.3 is 14.8 Å². The van der Waals surface area contributed by atoms with Gasteiger partial charge in [-0.15, -0.1) is 0 Å². The normalized spacial score (nSPS) is 21.3. The van der Waals surface area contributed by atoms with Crippen LogP contribution in [0.25, 0.3) is 10.9 Å². The highest BCUT2D eigenvalue weighted by atomic mass is 19.3. The largest absolute Gasteiger partial charge is 0.492 e. The molecule has 2 aromatic carbocycles. The molecule has 2 atom stereocenters. The van der Waals surface area contributed by atoms with E-state index in [2.05, 4.69) is 4.98 Å². The van der Waals surface area contributed by atoms with E-state index in [1.54, 1.807) is 19.1 Å². The molecule has 0 aliphatic carbocycles. The molecule has 2 aliphatic heterocycles. The first-order valence-electron chi connectivity index (χ1n) is 12.4. The monoisotopic (exact) mass is 523 g/mol. The van der Waals surface area contributed by atoms with Gasteiger partial charge in [0.05, 0.1) is 19.3 Å². The van der Waals surface area contributed by atoms with Crippen LogP contribution in [0.15, 0.2) is 36.4 Å². The summed E-state index contributed by atoms with van der Waals surface area (Å²) >= 11 is 0. The molecule has 2 aliphatic rings. The summed E-state index contributed by atoms with van der Waals surface area (Å²) in [7, 11) is 0. The van der Waals surface area contributed by atoms with Gasteiger partial charge in [-0.05, 0) is 13.0 Å². The standard InChI is InChI=1S/C27H30F5N3O2/c1-16-8-23-24(19-4-2-3-5-22(19)33-23)26(35(16)14-27(31,32)15-36)25-20(29)9-18(10-21(25)30)37-7-6-34-12-17(11-28)13-34/h2-5,9-10,16-17,26,33,36H,6-8,11-15H2,1H3/t16-,26+/m0/s1. The second-order valence-electron chi connectivity index (χ2n) is 10.1. The highest BCUT2D eigenvalue weighted by Gasteiger charge is 2.43. The molecule has 0 radical (unpaired) electrons. The van der Waals surface area contributed by atoms with Crippen molar-refractivity contribution in [1.29, 1.82) is 0 Å². The number of para-hydroxylation sites is 1. The highest BCUT2D eigenvalue weighted by molar-refractivity contribution is 5.86. The molecule has 0 spiro atoms. The fourth-order valence-electron chi connectivity index (χ4n) is 5.56. The highest BCUT2D eigenvalue weighted by Crippen LogP contribution is 2.44. The Kier molecular flexibility index (Phi) is 7.17. The van der Waals surface area contributed by atoms with Crippen LogP contribution >= 0.6 is 0 Å². The summed E-state index contributed by atoms with van der Waals surface area (Å²) in [4.78, 5) is 6.65. The molecule has 3 aromatic rings. The number of benzene rings is 2. The number of fused-ring (bicyclic) bond motifs is 3. The average Bonchev–Trinajstić information content (AvgIpc) is 3.19. The Morgan fingerprint density at radius 2 is 1.81 bits per heavy atom. The number of hydrogen-bond acceptors (Lipinski definition) is 4. The molecular formula is C27H30F5N3O2. The van der Waals surface area contributed by atoms with Crippen LogP contribution in [-0.2, 0) is 6.42 Å². The van der Waals surface area contributed by atoms with Crippen LogP contribution in [0, 0.1) is 17.6 Å². The molecular weight excluding hydrogens is 493 g/mol. The van der Waals surface area contributed by atoms with Crippen molar-refractivity contribution in [3.05, 3.63) is 64.9 Å². The lowest BCUT2D eigenvalue weighted by atomic mass is 9.86. The molecule has 1 saturated heterocycles. The SMILES string of the molecule is C[C@H]1Cc2[nH]c3ccccc3c2[C@H](c2c(F)cc(OCCN3CC(CF)C3)cc2F)N1CC(F)(F)CO. The van der Waals surface area contributed by atoms with Crippen LogP contribution in [0.1, 0.15) is 29.8 Å². The van der Waals surface area contributed by atoms with Gasteiger partial charge in [-0.3, -0.25) is 14.2 Å². The van der Waals surface area contributed by atoms with Crippen molar-refractivity contribution in [2.45, 2.75) is 31.4 Å². The maximum Gasteiger partial charge on any atom is 0.283 e. The van der Waals surface area contributed by atoms with Gasteiger partial charge in [-0.1, -0.05) is 18.2 Å². The molecule has 1 aromatic heterocycles. The topological polar surface area (TPSA) is 51.7 Å². The molecule has 10 heteroatoms. The Hall–Kier alpha value is -2.69. The van der Waals surface area contributed by atoms with Crippen molar-refractivity contribution in [1.82, 2.24) is 14.8 Å². The van der Waals surface area contributed by atoms with E-state index < -0.39 is 42.8 Å². The third-order valence-corrected chi connectivity index (χ3v) is 7.40. The summed E-state index contributed by atoms with van der Waals surface area (Å²) in [6, 6.07) is 7.78. The zero-order valence-electron chi connectivity index (χ0n) is 20.5. The first kappa shape index (κ1) is 25.9. The number of hydrogen-bond donors (Lipinski definition) is 2. The number of aromatic nitrogens is 1. The van der Waals surface area contributed by atoms with E-state index in [0.29, 0.717) is 37.0 Å². The number of H-pyrrole nitrogens is 1. The minimum absolute atomic E-state index is 0.00318. The molecule has 0 unspecified atom stereocenters. The van der Waals surface area contributed by atoms with Gasteiger partial charge in [0, 0.05) is 77.9 Å². The van der Waals surface area contributed by atoms with Crippen LogP contribution in [-0.4, -0.2) is 77.9 Å². The van der Waals surface area contributed by atoms with Crippen molar-refractivity contribution in [3.63, 3.8) is 0 Å². The predicted molar refractivity (Wildman–Crippen MR) is 130 cm³/mol. The first-order chi connectivity index (χ1) is 17.7. The Morgan fingerprint density at radius 3 is 2.49 bits per heavy atom. The van der Waals surface area contributed by atoms with Crippen LogP contribution in [0.5, 0.6) is 5.75 Å². The van der Waals surface area contributed by atoms with Gasteiger partial charge in [-0.2, -0.15) is 0 Å². The maximum atomic E-state index is 15.6. The summed E-state index contributed by atoms with van der Waals surface area (Å²) in [5.41, 5.74) is 1.70. The minimum atomic E-state index is -3.45. The number of rotatable bonds is 9. The molecule has 37 heavy (non-hydrogen) atoms. The maximum absolute atomic E-state index is 15.6. The Labute approximate surface area is 211 Å². The summed E-state index contributed by atoms with van der Waals surface area (Å²) < 4.78 is 78.3. The number of aliphatic hydroxyl groups is 1. The molecule has 1 fully saturated rings. The zero-order chi connectivity index (χ0) is 26.3. The molecule has 3 heterocycles. The molecule has 2 N–H and O–H groups in total. The lowest BCUT2D eigenvalue weighted by molar-refractivity contribution is -0.0866. The van der Waals surface area contributed by atoms with Crippen molar-refractivity contribution in [2.24, 2.45) is 5.92 Å². The third kappa shape index (κ3) is 5.06. The van der Waals surface area contributed by atoms with Crippen molar-refractivity contribution in [2.75, 3.05) is 46.1 Å². The van der Waals surface area contributed by atoms with Gasteiger partial charge in [0.25, 0.3) is 5.92 Å². The number of halogens is 5. The molecule has 5 nitrogen and oxygen atoms in total. The third-order valence-electron chi connectivity index (χ3n) is 7.40. The smallest absolute Gasteiger partial charge is 0.283 e. The quantitative estimate of drug-likeness (QED) is 0.400. The van der Waals surface area contributed by atoms with Crippen molar-refractivity contribution < 1.29 is 31.8 Å². The molecule has 5 rings (SSSR count). The van der Waals surface area contributed by atoms with Crippen LogP contribution < -0.4 is 4.74 Å². The van der Waals surface area contributed by atoms with E-state index in [-0.39, 0.29) is 30.5 Å². The molecule has 0 bridgehead atoms. The van der Waals surface area contributed by atoms with Gasteiger partial charge in [0.15, 0.2) is 0 Å². The van der Waals surface area contributed by atoms with E-state index in [1.807, 2.05) is 17.0 Å². The second-order valence-corrected chi connectivity index (χ2v) is 10.1. The van der Waals surface area contributed by atoms with E-state index in [1.165, 1.54) is 4.90 Å². The predicted octanol–water partition coefficient (Wildman–Crippen LogP) is 4.69. The van der Waals surface area contributed by atoms with E-state index in [9.17, 15) is 18.3 Å². The van der Waals surface area contributed by atoms with Gasteiger partial charge in [-0.25, -0.2) is 17.6 Å². The summed E-state index contributed by atoms with van der Waals surface area (Å²) in [5, 5.41) is 9.94. The van der Waals surface area contributed by atoms with Crippen LogP contribution in [0.2, 0.25) is 0 Å². The number of nitrogens with one attached hydrogen (secondary N) is 1.